The fourth-order valence-corrected chi connectivity index (χ4v) is 4.25. The van der Waals surface area contributed by atoms with E-state index in [2.05, 4.69) is 4.90 Å². The van der Waals surface area contributed by atoms with Crippen LogP contribution in [0.15, 0.2) is 47.8 Å². The second-order valence-corrected chi connectivity index (χ2v) is 7.76. The van der Waals surface area contributed by atoms with Crippen molar-refractivity contribution in [3.8, 4) is 0 Å². The van der Waals surface area contributed by atoms with Gasteiger partial charge in [0.25, 0.3) is 0 Å². The Bertz CT molecular complexity index is 769. The van der Waals surface area contributed by atoms with Crippen molar-refractivity contribution < 1.29 is 14.8 Å². The van der Waals surface area contributed by atoms with Crippen molar-refractivity contribution in [3.63, 3.8) is 0 Å². The number of rotatable bonds is 7. The van der Waals surface area contributed by atoms with Crippen LogP contribution in [0.3, 0.4) is 0 Å². The number of β-amino-alcohol motifs (C(OH)–C–C–N with tert-alkyl or cyclic N) is 1. The van der Waals surface area contributed by atoms with E-state index in [-0.39, 0.29) is 12.1 Å². The zero-order valence-corrected chi connectivity index (χ0v) is 15.9. The summed E-state index contributed by atoms with van der Waals surface area (Å²) in [6.07, 6.45) is 0.339. The molecule has 2 aromatic rings. The first-order valence-electron chi connectivity index (χ1n) is 8.86. The number of benzene rings is 1. The molecule has 8 heteroatoms. The van der Waals surface area contributed by atoms with E-state index in [9.17, 15) is 20.0 Å². The average Bonchev–Trinajstić information content (AvgIpc) is 3.31. The average molecular weight is 389 g/mol. The lowest BCUT2D eigenvalue weighted by Crippen LogP contribution is -2.42. The molecule has 144 valence electrons. The maximum absolute atomic E-state index is 13.1. The Balaban J connectivity index is 1.86. The van der Waals surface area contributed by atoms with Gasteiger partial charge in [-0.2, -0.15) is 0 Å². The van der Waals surface area contributed by atoms with Crippen molar-refractivity contribution in [2.75, 3.05) is 26.7 Å². The number of nitrogens with zero attached hydrogens (tertiary/aromatic N) is 3. The molecule has 1 N–H and O–H groups in total. The highest BCUT2D eigenvalue weighted by atomic mass is 32.1. The van der Waals surface area contributed by atoms with Gasteiger partial charge in [0.05, 0.1) is 17.0 Å². The molecular formula is C19H23N3O4S. The molecule has 7 nitrogen and oxygen atoms in total. The van der Waals surface area contributed by atoms with E-state index in [0.29, 0.717) is 24.4 Å². The summed E-state index contributed by atoms with van der Waals surface area (Å²) in [6, 6.07) is 11.1. The summed E-state index contributed by atoms with van der Waals surface area (Å²) in [6.45, 7) is 1.82. The number of thiophene rings is 1. The first-order valence-corrected chi connectivity index (χ1v) is 9.74. The minimum absolute atomic E-state index is 0.327. The van der Waals surface area contributed by atoms with Crippen LogP contribution in [0.1, 0.15) is 28.9 Å². The number of hydrogen-bond acceptors (Lipinski definition) is 6. The SMILES string of the molecule is CN(C(=O)C(c1cccs1)[N+](=O)[O-])C(CN1CCC(O)C1)c1ccccc1. The Morgan fingerprint density at radius 2 is 2.11 bits per heavy atom. The lowest BCUT2D eigenvalue weighted by Gasteiger charge is -2.32. The molecule has 3 unspecified atom stereocenters. The maximum Gasteiger partial charge on any atom is 0.323 e. The Labute approximate surface area is 162 Å². The van der Waals surface area contributed by atoms with Crippen LogP contribution in [-0.2, 0) is 4.79 Å². The fourth-order valence-electron chi connectivity index (χ4n) is 3.46. The van der Waals surface area contributed by atoms with E-state index in [4.69, 9.17) is 0 Å². The molecule has 0 spiro atoms. The van der Waals surface area contributed by atoms with E-state index in [1.807, 2.05) is 30.3 Å². The highest BCUT2D eigenvalue weighted by molar-refractivity contribution is 7.10. The van der Waals surface area contributed by atoms with Gasteiger partial charge in [-0.05, 0) is 23.4 Å². The first-order chi connectivity index (χ1) is 13.0. The maximum atomic E-state index is 13.1. The smallest absolute Gasteiger partial charge is 0.323 e. The summed E-state index contributed by atoms with van der Waals surface area (Å²) in [5.41, 5.74) is 0.919. The zero-order valence-electron chi connectivity index (χ0n) is 15.1. The van der Waals surface area contributed by atoms with Gasteiger partial charge < -0.3 is 10.0 Å². The van der Waals surface area contributed by atoms with Crippen LogP contribution in [0.2, 0.25) is 0 Å². The van der Waals surface area contributed by atoms with Crippen LogP contribution in [0.4, 0.5) is 0 Å². The predicted molar refractivity (Wildman–Crippen MR) is 103 cm³/mol. The van der Waals surface area contributed by atoms with Crippen LogP contribution in [0.5, 0.6) is 0 Å². The van der Waals surface area contributed by atoms with Gasteiger partial charge in [-0.1, -0.05) is 36.4 Å². The summed E-state index contributed by atoms with van der Waals surface area (Å²) in [7, 11) is 1.62. The quantitative estimate of drug-likeness (QED) is 0.580. The summed E-state index contributed by atoms with van der Waals surface area (Å²) < 4.78 is 0. The Kier molecular flexibility index (Phi) is 6.20. The Morgan fingerprint density at radius 3 is 2.67 bits per heavy atom. The van der Waals surface area contributed by atoms with Gasteiger partial charge in [-0.3, -0.25) is 19.8 Å². The number of likely N-dealkylation sites (tertiary alicyclic amines) is 1. The van der Waals surface area contributed by atoms with Crippen molar-refractivity contribution >= 4 is 17.2 Å². The standard InChI is InChI=1S/C19H23N3O4S/c1-20(19(24)18(22(25)26)17-8-5-11-27-17)16(14-6-3-2-4-7-14)13-21-10-9-15(23)12-21/h2-8,11,15-16,18,23H,9-10,12-13H2,1H3. The van der Waals surface area contributed by atoms with E-state index in [1.165, 1.54) is 16.2 Å². The third-order valence-electron chi connectivity index (χ3n) is 4.94. The number of aliphatic hydroxyl groups is 1. The number of amides is 1. The summed E-state index contributed by atoms with van der Waals surface area (Å²) >= 11 is 1.21. The van der Waals surface area contributed by atoms with Crippen LogP contribution in [0, 0.1) is 10.1 Å². The topological polar surface area (TPSA) is 86.9 Å². The third kappa shape index (κ3) is 4.52. The van der Waals surface area contributed by atoms with Gasteiger partial charge in [0.1, 0.15) is 0 Å². The number of hydrogen-bond donors (Lipinski definition) is 1. The highest BCUT2D eigenvalue weighted by Crippen LogP contribution is 2.29. The first kappa shape index (κ1) is 19.5. The molecule has 1 amide bonds. The second kappa shape index (κ2) is 8.60. The largest absolute Gasteiger partial charge is 0.392 e. The van der Waals surface area contributed by atoms with Crippen LogP contribution < -0.4 is 0 Å². The van der Waals surface area contributed by atoms with E-state index in [0.717, 1.165) is 12.1 Å². The Hall–Kier alpha value is -2.29. The van der Waals surface area contributed by atoms with Crippen LogP contribution in [0.25, 0.3) is 0 Å². The molecule has 1 fully saturated rings. The van der Waals surface area contributed by atoms with Crippen molar-refractivity contribution in [1.82, 2.24) is 9.80 Å². The number of likely N-dealkylation sites (N-methyl/N-ethyl adjacent to an activating group) is 1. The summed E-state index contributed by atoms with van der Waals surface area (Å²) in [4.78, 5) is 28.2. The molecule has 2 heterocycles. The zero-order chi connectivity index (χ0) is 19.4. The summed E-state index contributed by atoms with van der Waals surface area (Å²) in [5, 5.41) is 23.2. The molecule has 1 aromatic carbocycles. The minimum Gasteiger partial charge on any atom is -0.392 e. The van der Waals surface area contributed by atoms with Crippen molar-refractivity contribution in [2.45, 2.75) is 24.6 Å². The van der Waals surface area contributed by atoms with Crippen LogP contribution in [-0.4, -0.2) is 58.5 Å². The molecular weight excluding hydrogens is 366 g/mol. The molecule has 3 rings (SSSR count). The molecule has 1 saturated heterocycles. The molecule has 3 atom stereocenters. The number of carbonyl (C=O) groups excluding carboxylic acids is 1. The predicted octanol–water partition coefficient (Wildman–Crippen LogP) is 2.33. The lowest BCUT2D eigenvalue weighted by atomic mass is 10.0. The van der Waals surface area contributed by atoms with Crippen molar-refractivity contribution in [1.29, 1.82) is 0 Å². The van der Waals surface area contributed by atoms with Gasteiger partial charge in [0, 0.05) is 31.6 Å². The molecule has 1 aliphatic heterocycles. The van der Waals surface area contributed by atoms with Crippen LogP contribution >= 0.6 is 11.3 Å². The monoisotopic (exact) mass is 389 g/mol. The van der Waals surface area contributed by atoms with Gasteiger partial charge in [-0.15, -0.1) is 11.3 Å². The van der Waals surface area contributed by atoms with E-state index >= 15 is 0 Å². The molecule has 1 aliphatic rings. The molecule has 27 heavy (non-hydrogen) atoms. The molecule has 0 saturated carbocycles. The molecule has 1 aromatic heterocycles. The van der Waals surface area contributed by atoms with Crippen molar-refractivity contribution in [3.05, 3.63) is 68.4 Å². The summed E-state index contributed by atoms with van der Waals surface area (Å²) in [5.74, 6) is -0.531. The van der Waals surface area contributed by atoms with Gasteiger partial charge >= 0.3 is 11.9 Å². The normalized spacial score (nSPS) is 19.6. The van der Waals surface area contributed by atoms with Crippen molar-refractivity contribution in [2.24, 2.45) is 0 Å². The second-order valence-electron chi connectivity index (χ2n) is 6.78. The Morgan fingerprint density at radius 1 is 1.37 bits per heavy atom. The molecule has 0 bridgehead atoms. The molecule has 0 aliphatic carbocycles. The fraction of sp³-hybridized carbons (Fsp3) is 0.421. The van der Waals surface area contributed by atoms with Gasteiger partial charge in [-0.25, -0.2) is 0 Å². The van der Waals surface area contributed by atoms with Gasteiger partial charge in [0.2, 0.25) is 0 Å². The van der Waals surface area contributed by atoms with E-state index in [1.54, 1.807) is 24.6 Å². The lowest BCUT2D eigenvalue weighted by molar-refractivity contribution is -0.514. The highest BCUT2D eigenvalue weighted by Gasteiger charge is 2.38. The number of carbonyl (C=O) groups is 1. The minimum atomic E-state index is -1.40. The number of aliphatic hydroxyl groups excluding tert-OH is 1. The van der Waals surface area contributed by atoms with Gasteiger partial charge in [0.15, 0.2) is 0 Å². The third-order valence-corrected chi connectivity index (χ3v) is 5.86. The number of nitro groups is 1. The molecule has 0 radical (unpaired) electrons. The van der Waals surface area contributed by atoms with E-state index < -0.39 is 16.9 Å².